The van der Waals surface area contributed by atoms with Gasteiger partial charge in [0.2, 0.25) is 15.9 Å². The van der Waals surface area contributed by atoms with Gasteiger partial charge in [-0.05, 0) is 45.5 Å². The highest BCUT2D eigenvalue weighted by atomic mass is 32.2. The van der Waals surface area contributed by atoms with E-state index in [0.29, 0.717) is 38.2 Å². The predicted molar refractivity (Wildman–Crippen MR) is 157 cm³/mol. The van der Waals surface area contributed by atoms with Crippen LogP contribution >= 0.6 is 0 Å². The summed E-state index contributed by atoms with van der Waals surface area (Å²) in [7, 11) is -0.358. The van der Waals surface area contributed by atoms with Crippen molar-refractivity contribution in [1.82, 2.24) is 38.9 Å². The van der Waals surface area contributed by atoms with Crippen molar-refractivity contribution in [3.63, 3.8) is 0 Å². The Morgan fingerprint density at radius 1 is 1.10 bits per heavy atom. The molecule has 0 amide bonds. The van der Waals surface area contributed by atoms with Gasteiger partial charge in [0.05, 0.1) is 36.3 Å². The van der Waals surface area contributed by atoms with Gasteiger partial charge in [0.1, 0.15) is 22.8 Å². The van der Waals surface area contributed by atoms with Gasteiger partial charge in [0.25, 0.3) is 5.56 Å². The number of aromatic nitrogens is 6. The summed E-state index contributed by atoms with van der Waals surface area (Å²) in [5.74, 6) is 0.268. The minimum absolute atomic E-state index is 0.00940. The van der Waals surface area contributed by atoms with Crippen LogP contribution in [0.15, 0.2) is 46.3 Å². The number of methoxy groups -OCH3 is 1. The van der Waals surface area contributed by atoms with Crippen LogP contribution in [0.3, 0.4) is 0 Å². The van der Waals surface area contributed by atoms with Crippen LogP contribution in [0.5, 0.6) is 5.88 Å². The molecule has 42 heavy (non-hydrogen) atoms. The van der Waals surface area contributed by atoms with Gasteiger partial charge in [-0.15, -0.1) is 0 Å². The maximum Gasteiger partial charge on any atom is 0.279 e. The monoisotopic (exact) mass is 596 g/mol. The van der Waals surface area contributed by atoms with Crippen LogP contribution in [-0.2, 0) is 27.7 Å². The molecule has 1 saturated heterocycles. The maximum absolute atomic E-state index is 13.8. The predicted octanol–water partition coefficient (Wildman–Crippen LogP) is 1.93. The summed E-state index contributed by atoms with van der Waals surface area (Å²) in [5, 5.41) is 4.53. The van der Waals surface area contributed by atoms with E-state index in [2.05, 4.69) is 25.0 Å². The average molecular weight is 597 g/mol. The lowest BCUT2D eigenvalue weighted by Gasteiger charge is -2.41. The first-order valence-electron chi connectivity index (χ1n) is 13.9. The third-order valence-electron chi connectivity index (χ3n) is 7.64. The Labute approximate surface area is 244 Å². The van der Waals surface area contributed by atoms with Crippen molar-refractivity contribution in [3.8, 4) is 17.3 Å². The summed E-state index contributed by atoms with van der Waals surface area (Å²) in [6.07, 6.45) is 3.55. The van der Waals surface area contributed by atoms with Gasteiger partial charge in [-0.2, -0.15) is 9.40 Å². The lowest BCUT2D eigenvalue weighted by Crippen LogP contribution is -2.56. The summed E-state index contributed by atoms with van der Waals surface area (Å²) in [6.45, 7) is 7.49. The van der Waals surface area contributed by atoms with Crippen LogP contribution in [0.1, 0.15) is 32.2 Å². The van der Waals surface area contributed by atoms with Crippen molar-refractivity contribution in [2.75, 3.05) is 40.5 Å². The molecule has 1 aliphatic heterocycles. The Bertz CT molecular complexity index is 1710. The zero-order valence-corrected chi connectivity index (χ0v) is 25.3. The smallest absolute Gasteiger partial charge is 0.279 e. The molecule has 1 N–H and O–H groups in total. The molecule has 0 spiro atoms. The Hall–Kier alpha value is -3.72. The van der Waals surface area contributed by atoms with Crippen molar-refractivity contribution < 1.29 is 17.9 Å². The molecule has 0 aliphatic carbocycles. The zero-order valence-electron chi connectivity index (χ0n) is 24.4. The molecule has 5 heterocycles. The Kier molecular flexibility index (Phi) is 8.68. The van der Waals surface area contributed by atoms with Crippen molar-refractivity contribution >= 4 is 21.1 Å². The minimum atomic E-state index is -3.90. The first-order chi connectivity index (χ1) is 20.1. The molecule has 1 fully saturated rings. The van der Waals surface area contributed by atoms with Crippen LogP contribution in [0.2, 0.25) is 0 Å². The fraction of sp³-hybridized carbons (Fsp3) is 0.464. The van der Waals surface area contributed by atoms with Crippen molar-refractivity contribution in [3.05, 3.63) is 58.4 Å². The second-order valence-electron chi connectivity index (χ2n) is 10.4. The third-order valence-corrected chi connectivity index (χ3v) is 9.44. The zero-order chi connectivity index (χ0) is 30.0. The number of pyridine rings is 2. The first-order valence-corrected chi connectivity index (χ1v) is 15.3. The number of nitrogens with one attached hydrogen (secondary N) is 1. The van der Waals surface area contributed by atoms with E-state index in [1.165, 1.54) is 16.6 Å². The normalized spacial score (nSPS) is 18.5. The number of hydrogen-bond donors (Lipinski definition) is 1. The quantitative estimate of drug-likeness (QED) is 0.269. The molecule has 0 saturated carbocycles. The second kappa shape index (κ2) is 12.3. The number of nitrogens with zero attached hydrogens (tertiary/aromatic N) is 7. The van der Waals surface area contributed by atoms with Crippen molar-refractivity contribution in [1.29, 1.82) is 0 Å². The fourth-order valence-electron chi connectivity index (χ4n) is 5.10. The van der Waals surface area contributed by atoms with Gasteiger partial charge < -0.3 is 14.5 Å². The topological polar surface area (TPSA) is 148 Å². The lowest BCUT2D eigenvalue weighted by atomic mass is 10.1. The van der Waals surface area contributed by atoms with E-state index in [0.717, 1.165) is 11.4 Å². The number of hydrogen-bond acceptors (Lipinski definition) is 10. The lowest BCUT2D eigenvalue weighted by molar-refractivity contribution is 0.105. The van der Waals surface area contributed by atoms with Crippen molar-refractivity contribution in [2.24, 2.45) is 0 Å². The molecule has 1 aliphatic rings. The van der Waals surface area contributed by atoms with E-state index in [1.807, 2.05) is 46.0 Å². The number of H-pyrrole nitrogens is 1. The summed E-state index contributed by atoms with van der Waals surface area (Å²) >= 11 is 0. The molecular formula is C28H36N8O5S. The minimum Gasteiger partial charge on any atom is -0.475 e. The van der Waals surface area contributed by atoms with Crippen LogP contribution in [0, 0.1) is 0 Å². The number of piperazine rings is 1. The number of aromatic amines is 1. The molecule has 14 heteroatoms. The fourth-order valence-corrected chi connectivity index (χ4v) is 6.67. The van der Waals surface area contributed by atoms with E-state index in [1.54, 1.807) is 18.0 Å². The number of rotatable bonds is 10. The van der Waals surface area contributed by atoms with Crippen LogP contribution < -0.4 is 10.3 Å². The van der Waals surface area contributed by atoms with Gasteiger partial charge in [-0.25, -0.2) is 18.4 Å². The van der Waals surface area contributed by atoms with E-state index in [-0.39, 0.29) is 46.4 Å². The van der Waals surface area contributed by atoms with Gasteiger partial charge in [0, 0.05) is 38.5 Å². The van der Waals surface area contributed by atoms with Crippen LogP contribution in [0.4, 0.5) is 0 Å². The molecule has 4 aromatic rings. The summed E-state index contributed by atoms with van der Waals surface area (Å²) in [4.78, 5) is 31.8. The SMILES string of the molecule is CCc1c2nc(-c3cc(S(=O)(=O)N4CC(C)N(C)C(C)C4)cnc3OCCOC)[nH]c(=O)c2nn1Cc1ccccn1. The number of sulfonamides is 1. The second-order valence-corrected chi connectivity index (χ2v) is 12.4. The molecule has 224 valence electrons. The molecular weight excluding hydrogens is 560 g/mol. The molecule has 2 unspecified atom stereocenters. The highest BCUT2D eigenvalue weighted by molar-refractivity contribution is 7.89. The van der Waals surface area contributed by atoms with Gasteiger partial charge in [-0.3, -0.25) is 19.4 Å². The number of likely N-dealkylation sites (N-methyl/N-ethyl adjacent to an activating group) is 1. The van der Waals surface area contributed by atoms with Gasteiger partial charge in [-0.1, -0.05) is 13.0 Å². The van der Waals surface area contributed by atoms with Crippen LogP contribution in [-0.4, -0.2) is 99.9 Å². The number of ether oxygens (including phenoxy) is 2. The molecule has 0 aromatic carbocycles. The van der Waals surface area contributed by atoms with Crippen LogP contribution in [0.25, 0.3) is 22.4 Å². The average Bonchev–Trinajstić information content (AvgIpc) is 3.33. The third kappa shape index (κ3) is 5.79. The highest BCUT2D eigenvalue weighted by Crippen LogP contribution is 2.31. The Balaban J connectivity index is 1.60. The first kappa shape index (κ1) is 29.8. The van der Waals surface area contributed by atoms with E-state index < -0.39 is 15.6 Å². The molecule has 5 rings (SSSR count). The summed E-state index contributed by atoms with van der Waals surface area (Å²) < 4.78 is 41.7. The van der Waals surface area contributed by atoms with Crippen molar-refractivity contribution in [2.45, 2.75) is 50.7 Å². The summed E-state index contributed by atoms with van der Waals surface area (Å²) in [6, 6.07) is 7.17. The molecule has 2 atom stereocenters. The van der Waals surface area contributed by atoms with E-state index in [9.17, 15) is 13.2 Å². The highest BCUT2D eigenvalue weighted by Gasteiger charge is 2.35. The Morgan fingerprint density at radius 2 is 1.86 bits per heavy atom. The van der Waals surface area contributed by atoms with E-state index in [4.69, 9.17) is 14.5 Å². The Morgan fingerprint density at radius 3 is 2.52 bits per heavy atom. The molecule has 13 nitrogen and oxygen atoms in total. The van der Waals surface area contributed by atoms with E-state index >= 15 is 0 Å². The maximum atomic E-state index is 13.8. The van der Waals surface area contributed by atoms with Gasteiger partial charge >= 0.3 is 0 Å². The molecule has 4 aromatic heterocycles. The number of fused-ring (bicyclic) bond motifs is 1. The largest absolute Gasteiger partial charge is 0.475 e. The number of aryl methyl sites for hydroxylation is 1. The molecule has 0 bridgehead atoms. The standard InChI is InChI=1S/C28H36N8O5S/c1-6-23-24-25(33-36(23)17-20-9-7-8-10-29-20)27(37)32-26(31-24)22-13-21(14-30-28(22)41-12-11-40-5)42(38,39)35-15-18(2)34(4)19(3)16-35/h7-10,13-14,18-19H,6,11-12,15-17H2,1-5H3,(H,31,32,37). The van der Waals surface area contributed by atoms with Gasteiger partial charge in [0.15, 0.2) is 5.52 Å². The summed E-state index contributed by atoms with van der Waals surface area (Å²) in [5.41, 5.74) is 1.95. The molecule has 0 radical (unpaired) electrons.